The van der Waals surface area contributed by atoms with E-state index in [0.29, 0.717) is 11.2 Å². The van der Waals surface area contributed by atoms with Gasteiger partial charge >= 0.3 is 0 Å². The van der Waals surface area contributed by atoms with E-state index < -0.39 is 6.04 Å². The van der Waals surface area contributed by atoms with Gasteiger partial charge in [0.1, 0.15) is 16.7 Å². The Morgan fingerprint density at radius 3 is 2.36 bits per heavy atom. The largest absolute Gasteiger partial charge is 0.324 e. The van der Waals surface area contributed by atoms with Gasteiger partial charge in [0.15, 0.2) is 0 Å². The summed E-state index contributed by atoms with van der Waals surface area (Å²) in [4.78, 5) is 32.7. The Kier molecular flexibility index (Phi) is 5.70. The van der Waals surface area contributed by atoms with Gasteiger partial charge in [-0.25, -0.2) is 4.98 Å². The molecule has 0 radical (unpaired) electrons. The fourth-order valence-electron chi connectivity index (χ4n) is 3.61. The van der Waals surface area contributed by atoms with Gasteiger partial charge in [-0.15, -0.1) is 11.3 Å². The third-order valence-electron chi connectivity index (χ3n) is 5.43. The number of carbonyl (C=O) groups excluding carboxylic acids is 1. The number of anilines is 1. The van der Waals surface area contributed by atoms with Crippen LogP contribution >= 0.6 is 11.3 Å². The molecule has 0 saturated heterocycles. The molecular weight excluding hydrogens is 370 g/mol. The molecule has 3 rings (SSSR count). The number of aryl methyl sites for hydroxylation is 5. The van der Waals surface area contributed by atoms with Gasteiger partial charge in [0, 0.05) is 10.6 Å². The molecule has 0 fully saturated rings. The number of amides is 1. The van der Waals surface area contributed by atoms with Gasteiger partial charge in [0.05, 0.1) is 5.39 Å². The van der Waals surface area contributed by atoms with Gasteiger partial charge in [-0.2, -0.15) is 0 Å². The molecule has 6 heteroatoms. The Morgan fingerprint density at radius 1 is 1.18 bits per heavy atom. The van der Waals surface area contributed by atoms with Crippen LogP contribution in [0.2, 0.25) is 0 Å². The predicted octanol–water partition coefficient (Wildman–Crippen LogP) is 4.71. The zero-order chi connectivity index (χ0) is 20.6. The van der Waals surface area contributed by atoms with Crippen molar-refractivity contribution >= 4 is 33.1 Å². The van der Waals surface area contributed by atoms with E-state index >= 15 is 0 Å². The van der Waals surface area contributed by atoms with E-state index in [-0.39, 0.29) is 11.5 Å². The van der Waals surface area contributed by atoms with Crippen LogP contribution in [0.15, 0.2) is 23.0 Å². The van der Waals surface area contributed by atoms with Crippen LogP contribution < -0.4 is 10.9 Å². The summed E-state index contributed by atoms with van der Waals surface area (Å²) in [5, 5.41) is 3.70. The average Bonchev–Trinajstić information content (AvgIpc) is 2.95. The summed E-state index contributed by atoms with van der Waals surface area (Å²) >= 11 is 1.52. The SMILES string of the molecule is CCc1cccc(CC)c1NC(=O)C(C)n1c(C)nc2sc(C)c(C)c2c1=O. The molecule has 5 nitrogen and oxygen atoms in total. The standard InChI is InChI=1S/C22H27N3O2S/c1-7-16-10-9-11-17(8-2)19(16)24-20(26)13(4)25-15(6)23-21-18(22(25)27)12(3)14(5)28-21/h9-11,13H,7-8H2,1-6H3,(H,24,26). The van der Waals surface area contributed by atoms with E-state index in [1.807, 2.05) is 32.0 Å². The number of para-hydroxylation sites is 1. The molecule has 28 heavy (non-hydrogen) atoms. The van der Waals surface area contributed by atoms with Crippen LogP contribution in [0.5, 0.6) is 0 Å². The van der Waals surface area contributed by atoms with Gasteiger partial charge in [0.2, 0.25) is 5.91 Å². The molecule has 2 heterocycles. The van der Waals surface area contributed by atoms with Crippen LogP contribution in [0, 0.1) is 20.8 Å². The summed E-state index contributed by atoms with van der Waals surface area (Å²) in [5.41, 5.74) is 3.87. The van der Waals surface area contributed by atoms with E-state index in [4.69, 9.17) is 0 Å². The number of nitrogens with zero attached hydrogens (tertiary/aromatic N) is 2. The summed E-state index contributed by atoms with van der Waals surface area (Å²) in [5.74, 6) is 0.354. The van der Waals surface area contributed by atoms with Crippen molar-refractivity contribution in [3.8, 4) is 0 Å². The number of hydrogen-bond acceptors (Lipinski definition) is 4. The highest BCUT2D eigenvalue weighted by Gasteiger charge is 2.23. The number of aromatic nitrogens is 2. The van der Waals surface area contributed by atoms with Crippen LogP contribution in [0.25, 0.3) is 10.2 Å². The fourth-order valence-corrected chi connectivity index (χ4v) is 4.68. The number of thiophene rings is 1. The molecule has 0 bridgehead atoms. The monoisotopic (exact) mass is 397 g/mol. The predicted molar refractivity (Wildman–Crippen MR) is 117 cm³/mol. The fraction of sp³-hybridized carbons (Fsp3) is 0.409. The maximum atomic E-state index is 13.2. The minimum absolute atomic E-state index is 0.147. The third-order valence-corrected chi connectivity index (χ3v) is 6.53. The minimum atomic E-state index is -0.654. The molecule has 1 atom stereocenters. The van der Waals surface area contributed by atoms with Crippen molar-refractivity contribution in [2.24, 2.45) is 0 Å². The van der Waals surface area contributed by atoms with Crippen LogP contribution in [0.3, 0.4) is 0 Å². The molecule has 1 amide bonds. The maximum Gasteiger partial charge on any atom is 0.263 e. The second kappa shape index (κ2) is 7.87. The summed E-state index contributed by atoms with van der Waals surface area (Å²) in [6.07, 6.45) is 1.66. The van der Waals surface area contributed by atoms with Crippen molar-refractivity contribution in [2.75, 3.05) is 5.32 Å². The zero-order valence-corrected chi connectivity index (χ0v) is 18.2. The third kappa shape index (κ3) is 3.37. The lowest BCUT2D eigenvalue weighted by Gasteiger charge is -2.20. The smallest absolute Gasteiger partial charge is 0.263 e. The molecule has 0 aliphatic carbocycles. The number of nitrogens with one attached hydrogen (secondary N) is 1. The number of fused-ring (bicyclic) bond motifs is 1. The average molecular weight is 398 g/mol. The van der Waals surface area contributed by atoms with Crippen LogP contribution in [-0.4, -0.2) is 15.5 Å². The van der Waals surface area contributed by atoms with Crippen molar-refractivity contribution in [3.63, 3.8) is 0 Å². The van der Waals surface area contributed by atoms with E-state index in [1.165, 1.54) is 15.9 Å². The molecule has 3 aromatic rings. The molecule has 148 valence electrons. The summed E-state index contributed by atoms with van der Waals surface area (Å²) in [6, 6.07) is 5.42. The molecule has 0 aliphatic heterocycles. The van der Waals surface area contributed by atoms with E-state index in [2.05, 4.69) is 24.1 Å². The number of rotatable bonds is 5. The first-order valence-electron chi connectivity index (χ1n) is 9.70. The first kappa shape index (κ1) is 20.3. The second-order valence-electron chi connectivity index (χ2n) is 7.12. The Balaban J connectivity index is 2.04. The van der Waals surface area contributed by atoms with Crippen molar-refractivity contribution < 1.29 is 4.79 Å². The molecule has 1 aromatic carbocycles. The van der Waals surface area contributed by atoms with E-state index in [9.17, 15) is 9.59 Å². The first-order chi connectivity index (χ1) is 13.3. The zero-order valence-electron chi connectivity index (χ0n) is 17.3. The Hall–Kier alpha value is -2.47. The summed E-state index contributed by atoms with van der Waals surface area (Å²) < 4.78 is 1.51. The second-order valence-corrected chi connectivity index (χ2v) is 8.32. The topological polar surface area (TPSA) is 64.0 Å². The first-order valence-corrected chi connectivity index (χ1v) is 10.5. The molecular formula is C22H27N3O2S. The summed E-state index contributed by atoms with van der Waals surface area (Å²) in [7, 11) is 0. The van der Waals surface area contributed by atoms with Gasteiger partial charge in [-0.3, -0.25) is 14.2 Å². The molecule has 0 saturated carbocycles. The molecule has 1 N–H and O–H groups in total. The number of benzene rings is 1. The molecule has 2 aromatic heterocycles. The van der Waals surface area contributed by atoms with Crippen LogP contribution in [-0.2, 0) is 17.6 Å². The molecule has 0 spiro atoms. The highest BCUT2D eigenvalue weighted by Crippen LogP contribution is 2.27. The summed E-state index contributed by atoms with van der Waals surface area (Å²) in [6.45, 7) is 11.6. The Bertz CT molecular complexity index is 1090. The molecule has 0 aliphatic rings. The number of hydrogen-bond donors (Lipinski definition) is 1. The van der Waals surface area contributed by atoms with Crippen molar-refractivity contribution in [1.29, 1.82) is 0 Å². The van der Waals surface area contributed by atoms with Gasteiger partial charge in [-0.05, 0) is 57.2 Å². The maximum absolute atomic E-state index is 13.2. The van der Waals surface area contributed by atoms with E-state index in [1.54, 1.807) is 13.8 Å². The molecule has 1 unspecified atom stereocenters. The quantitative estimate of drug-likeness (QED) is 0.678. The van der Waals surface area contributed by atoms with Crippen LogP contribution in [0.1, 0.15) is 54.2 Å². The lowest BCUT2D eigenvalue weighted by Crippen LogP contribution is -2.34. The van der Waals surface area contributed by atoms with Gasteiger partial charge in [0.25, 0.3) is 5.56 Å². The normalized spacial score (nSPS) is 12.4. The minimum Gasteiger partial charge on any atom is -0.324 e. The van der Waals surface area contributed by atoms with Crippen molar-refractivity contribution in [3.05, 3.63) is 55.9 Å². The van der Waals surface area contributed by atoms with Gasteiger partial charge in [-0.1, -0.05) is 32.0 Å². The van der Waals surface area contributed by atoms with Crippen molar-refractivity contribution in [1.82, 2.24) is 9.55 Å². The Morgan fingerprint density at radius 2 is 1.79 bits per heavy atom. The lowest BCUT2D eigenvalue weighted by atomic mass is 10.0. The van der Waals surface area contributed by atoms with Crippen molar-refractivity contribution in [2.45, 2.75) is 60.4 Å². The van der Waals surface area contributed by atoms with Crippen LogP contribution in [0.4, 0.5) is 5.69 Å². The lowest BCUT2D eigenvalue weighted by molar-refractivity contribution is -0.118. The highest BCUT2D eigenvalue weighted by molar-refractivity contribution is 7.18. The Labute approximate surface area is 169 Å². The van der Waals surface area contributed by atoms with Gasteiger partial charge < -0.3 is 5.32 Å². The number of carbonyl (C=O) groups is 1. The highest BCUT2D eigenvalue weighted by atomic mass is 32.1. The van der Waals surface area contributed by atoms with E-state index in [0.717, 1.165) is 44.9 Å².